The van der Waals surface area contributed by atoms with E-state index in [4.69, 9.17) is 0 Å². The van der Waals surface area contributed by atoms with Gasteiger partial charge in [0.15, 0.2) is 17.5 Å². The normalized spacial score (nSPS) is 10.5. The number of nitrogens with one attached hydrogen (secondary N) is 1. The number of rotatable bonds is 4. The maximum atomic E-state index is 13.6. The van der Waals surface area contributed by atoms with Gasteiger partial charge in [-0.1, -0.05) is 0 Å². The number of pyridine rings is 2. The van der Waals surface area contributed by atoms with Crippen molar-refractivity contribution >= 4 is 33.5 Å². The van der Waals surface area contributed by atoms with Crippen LogP contribution in [-0.2, 0) is 0 Å². The minimum atomic E-state index is -0.701. The van der Waals surface area contributed by atoms with Crippen molar-refractivity contribution in [3.8, 4) is 0 Å². The van der Waals surface area contributed by atoms with E-state index >= 15 is 0 Å². The van der Waals surface area contributed by atoms with Crippen LogP contribution in [0.5, 0.6) is 0 Å². The molecule has 0 spiro atoms. The van der Waals surface area contributed by atoms with Crippen LogP contribution in [-0.4, -0.2) is 16.5 Å². The topological polar surface area (TPSA) is 37.8 Å². The Morgan fingerprint density at radius 2 is 2.11 bits per heavy atom. The Labute approximate surface area is 122 Å². The Balaban J connectivity index is 2.28. The molecule has 0 unspecified atom stereocenters. The lowest BCUT2D eigenvalue weighted by Gasteiger charge is -2.07. The molecule has 2 aromatic rings. The van der Waals surface area contributed by atoms with Crippen molar-refractivity contribution in [3.63, 3.8) is 0 Å². The molecule has 0 saturated carbocycles. The number of anilines is 1. The zero-order chi connectivity index (χ0) is 13.8. The maximum Gasteiger partial charge on any atom is 0.168 e. The lowest BCUT2D eigenvalue weighted by atomic mass is 10.4. The van der Waals surface area contributed by atoms with E-state index in [1.165, 1.54) is 0 Å². The molecule has 0 amide bonds. The smallest absolute Gasteiger partial charge is 0.168 e. The van der Waals surface area contributed by atoms with Gasteiger partial charge in [-0.25, -0.2) is 18.7 Å². The minimum Gasteiger partial charge on any atom is -0.368 e. The van der Waals surface area contributed by atoms with Gasteiger partial charge >= 0.3 is 0 Å². The molecule has 0 radical (unpaired) electrons. The van der Waals surface area contributed by atoms with Crippen molar-refractivity contribution in [2.45, 2.75) is 17.0 Å². The Morgan fingerprint density at radius 1 is 1.32 bits per heavy atom. The molecule has 3 nitrogen and oxygen atoms in total. The van der Waals surface area contributed by atoms with Gasteiger partial charge in [0.05, 0.1) is 0 Å². The summed E-state index contributed by atoms with van der Waals surface area (Å²) in [6, 6.07) is 4.35. The van der Waals surface area contributed by atoms with Crippen LogP contribution >= 0.6 is 27.7 Å². The highest BCUT2D eigenvalue weighted by atomic mass is 79.9. The molecular weight excluding hydrogens is 336 g/mol. The van der Waals surface area contributed by atoms with E-state index in [0.717, 1.165) is 22.3 Å². The Hall–Kier alpha value is -1.21. The molecule has 0 fully saturated rings. The molecule has 19 heavy (non-hydrogen) atoms. The molecule has 1 N–H and O–H groups in total. The van der Waals surface area contributed by atoms with Crippen LogP contribution < -0.4 is 5.32 Å². The summed E-state index contributed by atoms with van der Waals surface area (Å²) in [5.41, 5.74) is 0. The Morgan fingerprint density at radius 3 is 2.74 bits per heavy atom. The van der Waals surface area contributed by atoms with Crippen LogP contribution in [0.1, 0.15) is 6.92 Å². The van der Waals surface area contributed by atoms with Gasteiger partial charge in [0.25, 0.3) is 0 Å². The summed E-state index contributed by atoms with van der Waals surface area (Å²) < 4.78 is 27.9. The summed E-state index contributed by atoms with van der Waals surface area (Å²) in [6.07, 6.45) is 1.61. The first-order valence-corrected chi connectivity index (χ1v) is 7.10. The summed E-state index contributed by atoms with van der Waals surface area (Å²) in [7, 11) is 0. The van der Waals surface area contributed by atoms with Gasteiger partial charge in [0.2, 0.25) is 0 Å². The van der Waals surface area contributed by atoms with Gasteiger partial charge in [0, 0.05) is 23.3 Å². The second-order valence-electron chi connectivity index (χ2n) is 3.55. The monoisotopic (exact) mass is 345 g/mol. The highest BCUT2D eigenvalue weighted by Gasteiger charge is 2.13. The van der Waals surface area contributed by atoms with E-state index < -0.39 is 11.6 Å². The lowest BCUT2D eigenvalue weighted by molar-refractivity contribution is 0.551. The average molecular weight is 346 g/mol. The van der Waals surface area contributed by atoms with Gasteiger partial charge in [-0.05, 0) is 46.7 Å². The second-order valence-corrected chi connectivity index (χ2v) is 5.48. The van der Waals surface area contributed by atoms with Crippen LogP contribution in [0.2, 0.25) is 0 Å². The fourth-order valence-corrected chi connectivity index (χ4v) is 2.30. The van der Waals surface area contributed by atoms with Gasteiger partial charge in [-0.2, -0.15) is 0 Å². The predicted octanol–water partition coefficient (Wildman–Crippen LogP) is 4.10. The van der Waals surface area contributed by atoms with E-state index in [1.54, 1.807) is 18.3 Å². The van der Waals surface area contributed by atoms with Crippen LogP contribution in [0.25, 0.3) is 0 Å². The largest absolute Gasteiger partial charge is 0.368 e. The number of hydrogen-bond acceptors (Lipinski definition) is 4. The summed E-state index contributed by atoms with van der Waals surface area (Å²) >= 11 is 4.31. The third kappa shape index (κ3) is 3.63. The third-order valence-electron chi connectivity index (χ3n) is 2.14. The standard InChI is InChI=1S/C12H10BrF2N3S/c1-2-16-11-8(14)5-9(15)12(18-11)19-10-4-3-7(13)6-17-10/h3-6H,2H2,1H3,(H,16,18). The number of halogens is 3. The molecule has 2 rings (SSSR count). The highest BCUT2D eigenvalue weighted by molar-refractivity contribution is 9.10. The minimum absolute atomic E-state index is 0.0449. The van der Waals surface area contributed by atoms with E-state index in [0.29, 0.717) is 11.6 Å². The molecule has 2 aromatic heterocycles. The van der Waals surface area contributed by atoms with Gasteiger partial charge in [0.1, 0.15) is 10.1 Å². The molecule has 100 valence electrons. The molecule has 2 heterocycles. The van der Waals surface area contributed by atoms with E-state index in [9.17, 15) is 8.78 Å². The summed E-state index contributed by atoms with van der Waals surface area (Å²) in [6.45, 7) is 2.32. The van der Waals surface area contributed by atoms with Crippen molar-refractivity contribution in [1.82, 2.24) is 9.97 Å². The number of aromatic nitrogens is 2. The molecule has 0 saturated heterocycles. The molecule has 0 aliphatic carbocycles. The SMILES string of the molecule is CCNc1nc(Sc2ccc(Br)cn2)c(F)cc1F. The molecule has 0 bridgehead atoms. The first-order valence-electron chi connectivity index (χ1n) is 5.49. The summed E-state index contributed by atoms with van der Waals surface area (Å²) in [4.78, 5) is 8.04. The second kappa shape index (κ2) is 6.29. The van der Waals surface area contributed by atoms with Crippen molar-refractivity contribution in [3.05, 3.63) is 40.5 Å². The first kappa shape index (κ1) is 14.2. The zero-order valence-electron chi connectivity index (χ0n) is 9.95. The zero-order valence-corrected chi connectivity index (χ0v) is 12.4. The van der Waals surface area contributed by atoms with Crippen molar-refractivity contribution in [2.75, 3.05) is 11.9 Å². The van der Waals surface area contributed by atoms with Crippen LogP contribution in [0.15, 0.2) is 38.9 Å². The maximum absolute atomic E-state index is 13.6. The Bertz CT molecular complexity index is 578. The molecule has 0 aromatic carbocycles. The molecule has 7 heteroatoms. The van der Waals surface area contributed by atoms with Gasteiger partial charge in [-0.15, -0.1) is 0 Å². The number of hydrogen-bond donors (Lipinski definition) is 1. The van der Waals surface area contributed by atoms with E-state index in [-0.39, 0.29) is 10.8 Å². The molecule has 0 atom stereocenters. The van der Waals surface area contributed by atoms with Crippen LogP contribution in [0, 0.1) is 11.6 Å². The summed E-state index contributed by atoms with van der Waals surface area (Å²) in [5.74, 6) is -1.36. The molecule has 0 aliphatic heterocycles. The third-order valence-corrected chi connectivity index (χ3v) is 3.54. The molecule has 0 aliphatic rings. The Kier molecular flexibility index (Phi) is 4.71. The van der Waals surface area contributed by atoms with E-state index in [1.807, 2.05) is 6.92 Å². The fraction of sp³-hybridized carbons (Fsp3) is 0.167. The number of nitrogens with zero attached hydrogens (tertiary/aromatic N) is 2. The van der Waals surface area contributed by atoms with Gasteiger partial charge < -0.3 is 5.32 Å². The predicted molar refractivity (Wildman–Crippen MR) is 74.4 cm³/mol. The van der Waals surface area contributed by atoms with Gasteiger partial charge in [-0.3, -0.25) is 0 Å². The van der Waals surface area contributed by atoms with E-state index in [2.05, 4.69) is 31.2 Å². The fourth-order valence-electron chi connectivity index (χ4n) is 1.33. The highest BCUT2D eigenvalue weighted by Crippen LogP contribution is 2.29. The molecular formula is C12H10BrF2N3S. The lowest BCUT2D eigenvalue weighted by Crippen LogP contribution is -2.04. The average Bonchev–Trinajstić information content (AvgIpc) is 2.38. The van der Waals surface area contributed by atoms with Crippen molar-refractivity contribution in [1.29, 1.82) is 0 Å². The summed E-state index contributed by atoms with van der Waals surface area (Å²) in [5, 5.41) is 3.42. The van der Waals surface area contributed by atoms with Crippen LogP contribution in [0.3, 0.4) is 0 Å². The van der Waals surface area contributed by atoms with Crippen LogP contribution in [0.4, 0.5) is 14.6 Å². The quantitative estimate of drug-likeness (QED) is 0.905. The van der Waals surface area contributed by atoms with Crippen molar-refractivity contribution in [2.24, 2.45) is 0 Å². The first-order chi connectivity index (χ1) is 9.10. The van der Waals surface area contributed by atoms with Crippen molar-refractivity contribution < 1.29 is 8.78 Å².